The second-order valence-corrected chi connectivity index (χ2v) is 9.33. The van der Waals surface area contributed by atoms with Crippen molar-refractivity contribution in [3.8, 4) is 11.5 Å². The lowest BCUT2D eigenvalue weighted by Gasteiger charge is -2.24. The predicted octanol–water partition coefficient (Wildman–Crippen LogP) is 2.05. The Bertz CT molecular complexity index is 1070. The summed E-state index contributed by atoms with van der Waals surface area (Å²) in [6.07, 6.45) is 1.02. The normalized spacial score (nSPS) is 11.9. The van der Waals surface area contributed by atoms with Crippen LogP contribution in [0.2, 0.25) is 0 Å². The van der Waals surface area contributed by atoms with E-state index in [2.05, 4.69) is 5.32 Å². The topological polar surface area (TPSA) is 105 Å². The second kappa shape index (κ2) is 10.4. The van der Waals surface area contributed by atoms with E-state index in [0.717, 1.165) is 16.1 Å². The Kier molecular flexibility index (Phi) is 8.09. The maximum Gasteiger partial charge on any atom is 0.253 e. The molecule has 0 aromatic heterocycles. The molecule has 0 radical (unpaired) electrons. The molecule has 2 amide bonds. The lowest BCUT2D eigenvalue weighted by molar-refractivity contribution is -0.120. The van der Waals surface area contributed by atoms with Crippen LogP contribution in [0, 0.1) is 0 Å². The molecule has 1 unspecified atom stereocenters. The molecule has 1 N–H and O–H groups in total. The summed E-state index contributed by atoms with van der Waals surface area (Å²) < 4.78 is 36.2. The summed E-state index contributed by atoms with van der Waals surface area (Å²) in [5.41, 5.74) is 1.48. The van der Waals surface area contributed by atoms with E-state index in [4.69, 9.17) is 9.47 Å². The van der Waals surface area contributed by atoms with Crippen LogP contribution in [0.25, 0.3) is 0 Å². The Morgan fingerprint density at radius 2 is 1.59 bits per heavy atom. The largest absolute Gasteiger partial charge is 0.493 e. The number of benzene rings is 2. The van der Waals surface area contributed by atoms with E-state index in [1.54, 1.807) is 39.2 Å². The van der Waals surface area contributed by atoms with Crippen LogP contribution < -0.4 is 19.1 Å². The number of sulfonamides is 1. The van der Waals surface area contributed by atoms with Crippen molar-refractivity contribution >= 4 is 27.5 Å². The number of methoxy groups -OCH3 is 2. The van der Waals surface area contributed by atoms with Crippen molar-refractivity contribution in [2.24, 2.45) is 0 Å². The summed E-state index contributed by atoms with van der Waals surface area (Å²) in [5, 5.41) is 2.80. The first-order chi connectivity index (χ1) is 15.0. The summed E-state index contributed by atoms with van der Waals surface area (Å²) in [6, 6.07) is 10.9. The molecule has 32 heavy (non-hydrogen) atoms. The zero-order valence-electron chi connectivity index (χ0n) is 19.1. The minimum Gasteiger partial charge on any atom is -0.493 e. The van der Waals surface area contributed by atoms with Crippen LogP contribution in [0.1, 0.15) is 28.9 Å². The molecule has 0 saturated carbocycles. The Labute approximate surface area is 189 Å². The Hall–Kier alpha value is -3.27. The summed E-state index contributed by atoms with van der Waals surface area (Å²) in [4.78, 5) is 26.1. The smallest absolute Gasteiger partial charge is 0.253 e. The van der Waals surface area contributed by atoms with Crippen molar-refractivity contribution in [3.05, 3.63) is 53.6 Å². The number of carbonyl (C=O) groups excluding carboxylic acids is 2. The first-order valence-electron chi connectivity index (χ1n) is 9.78. The van der Waals surface area contributed by atoms with Crippen molar-refractivity contribution in [1.29, 1.82) is 0 Å². The van der Waals surface area contributed by atoms with Gasteiger partial charge >= 0.3 is 0 Å². The molecular weight excluding hydrogens is 434 g/mol. The van der Waals surface area contributed by atoms with Crippen molar-refractivity contribution in [2.75, 3.05) is 45.4 Å². The van der Waals surface area contributed by atoms with E-state index in [9.17, 15) is 18.0 Å². The number of hydrogen-bond donors (Lipinski definition) is 1. The molecule has 0 aliphatic heterocycles. The number of amides is 2. The summed E-state index contributed by atoms with van der Waals surface area (Å²) >= 11 is 0. The third kappa shape index (κ3) is 6.13. The van der Waals surface area contributed by atoms with Crippen LogP contribution >= 0.6 is 0 Å². The molecule has 2 rings (SSSR count). The zero-order chi connectivity index (χ0) is 24.1. The second-order valence-electron chi connectivity index (χ2n) is 7.42. The van der Waals surface area contributed by atoms with Gasteiger partial charge in [-0.25, -0.2) is 8.42 Å². The molecule has 1 atom stereocenters. The number of anilines is 1. The molecule has 2 aromatic carbocycles. The Balaban J connectivity index is 2.18. The number of rotatable bonds is 9. The van der Waals surface area contributed by atoms with Gasteiger partial charge in [0.1, 0.15) is 6.54 Å². The predicted molar refractivity (Wildman–Crippen MR) is 123 cm³/mol. The van der Waals surface area contributed by atoms with Gasteiger partial charge < -0.3 is 19.7 Å². The molecule has 2 aromatic rings. The molecule has 0 spiro atoms. The van der Waals surface area contributed by atoms with Gasteiger partial charge in [0.2, 0.25) is 15.9 Å². The molecule has 0 saturated heterocycles. The minimum atomic E-state index is -3.74. The third-order valence-corrected chi connectivity index (χ3v) is 5.92. The standard InChI is InChI=1S/C22H29N3O6S/c1-15(17-9-12-19(30-4)20(13-17)31-5)23-21(26)14-25(32(6,28)29)18-10-7-16(8-11-18)22(27)24(2)3/h7-13,15H,14H2,1-6H3,(H,23,26). The van der Waals surface area contributed by atoms with Crippen molar-refractivity contribution in [1.82, 2.24) is 10.2 Å². The average Bonchev–Trinajstić information content (AvgIpc) is 2.75. The molecule has 0 aliphatic carbocycles. The van der Waals surface area contributed by atoms with Crippen LogP contribution in [0.4, 0.5) is 5.69 Å². The first-order valence-corrected chi connectivity index (χ1v) is 11.6. The Morgan fingerprint density at radius 3 is 2.09 bits per heavy atom. The molecule has 0 heterocycles. The summed E-state index contributed by atoms with van der Waals surface area (Å²) in [5.74, 6) is 0.403. The van der Waals surface area contributed by atoms with E-state index in [1.807, 2.05) is 0 Å². The van der Waals surface area contributed by atoms with Crippen LogP contribution in [-0.2, 0) is 14.8 Å². The Morgan fingerprint density at radius 1 is 1.00 bits per heavy atom. The average molecular weight is 464 g/mol. The van der Waals surface area contributed by atoms with Gasteiger partial charge in [-0.2, -0.15) is 0 Å². The fourth-order valence-electron chi connectivity index (χ4n) is 3.05. The van der Waals surface area contributed by atoms with Crippen LogP contribution in [0.15, 0.2) is 42.5 Å². The molecule has 10 heteroatoms. The maximum absolute atomic E-state index is 12.7. The molecule has 0 fully saturated rings. The molecule has 0 bridgehead atoms. The van der Waals surface area contributed by atoms with Crippen LogP contribution in [-0.4, -0.2) is 66.2 Å². The quantitative estimate of drug-likeness (QED) is 0.610. The number of nitrogens with one attached hydrogen (secondary N) is 1. The van der Waals surface area contributed by atoms with E-state index < -0.39 is 28.5 Å². The van der Waals surface area contributed by atoms with Gasteiger partial charge in [-0.1, -0.05) is 6.07 Å². The molecule has 0 aliphatic rings. The highest BCUT2D eigenvalue weighted by molar-refractivity contribution is 7.92. The molecular formula is C22H29N3O6S. The fourth-order valence-corrected chi connectivity index (χ4v) is 3.91. The molecule has 174 valence electrons. The van der Waals surface area contributed by atoms with Crippen molar-refractivity contribution in [2.45, 2.75) is 13.0 Å². The van der Waals surface area contributed by atoms with E-state index >= 15 is 0 Å². The summed E-state index contributed by atoms with van der Waals surface area (Å²) in [7, 11) is 2.57. The monoisotopic (exact) mass is 463 g/mol. The highest BCUT2D eigenvalue weighted by Gasteiger charge is 2.23. The van der Waals surface area contributed by atoms with E-state index in [-0.39, 0.29) is 11.6 Å². The number of hydrogen-bond acceptors (Lipinski definition) is 6. The van der Waals surface area contributed by atoms with Gasteiger partial charge in [0, 0.05) is 19.7 Å². The van der Waals surface area contributed by atoms with Crippen LogP contribution in [0.5, 0.6) is 11.5 Å². The highest BCUT2D eigenvalue weighted by Crippen LogP contribution is 2.30. The third-order valence-electron chi connectivity index (χ3n) is 4.78. The van der Waals surface area contributed by atoms with E-state index in [1.165, 1.54) is 43.4 Å². The lowest BCUT2D eigenvalue weighted by atomic mass is 10.1. The van der Waals surface area contributed by atoms with E-state index in [0.29, 0.717) is 17.1 Å². The van der Waals surface area contributed by atoms with Crippen molar-refractivity contribution < 1.29 is 27.5 Å². The fraction of sp³-hybridized carbons (Fsp3) is 0.364. The lowest BCUT2D eigenvalue weighted by Crippen LogP contribution is -2.41. The first kappa shape index (κ1) is 25.0. The van der Waals surface area contributed by atoms with Crippen molar-refractivity contribution in [3.63, 3.8) is 0 Å². The molecule has 9 nitrogen and oxygen atoms in total. The van der Waals surface area contributed by atoms with Gasteiger partial charge in [0.05, 0.1) is 32.2 Å². The van der Waals surface area contributed by atoms with Gasteiger partial charge in [-0.15, -0.1) is 0 Å². The van der Waals surface area contributed by atoms with Gasteiger partial charge in [0.15, 0.2) is 11.5 Å². The number of ether oxygens (including phenoxy) is 2. The zero-order valence-corrected chi connectivity index (χ0v) is 19.9. The maximum atomic E-state index is 12.7. The summed E-state index contributed by atoms with van der Waals surface area (Å²) in [6.45, 7) is 1.38. The minimum absolute atomic E-state index is 0.205. The van der Waals surface area contributed by atoms with Gasteiger partial charge in [-0.05, 0) is 48.9 Å². The van der Waals surface area contributed by atoms with Crippen LogP contribution in [0.3, 0.4) is 0 Å². The van der Waals surface area contributed by atoms with Gasteiger partial charge in [0.25, 0.3) is 5.91 Å². The highest BCUT2D eigenvalue weighted by atomic mass is 32.2. The SMILES string of the molecule is COc1ccc(C(C)NC(=O)CN(c2ccc(C(=O)N(C)C)cc2)S(C)(=O)=O)cc1OC. The van der Waals surface area contributed by atoms with Gasteiger partial charge in [-0.3, -0.25) is 13.9 Å². The number of nitrogens with zero attached hydrogens (tertiary/aromatic N) is 2. The number of carbonyl (C=O) groups is 2.